The molecule has 1 amide bonds. The van der Waals surface area contributed by atoms with Crippen molar-refractivity contribution in [2.24, 2.45) is 5.73 Å². The first-order chi connectivity index (χ1) is 11.6. The zero-order valence-electron chi connectivity index (χ0n) is 14.0. The fourth-order valence-corrected chi connectivity index (χ4v) is 2.21. The number of rotatable bonds is 9. The number of ether oxygens (including phenoxy) is 2. The van der Waals surface area contributed by atoms with Gasteiger partial charge in [-0.25, -0.2) is 4.39 Å². The van der Waals surface area contributed by atoms with Gasteiger partial charge in [-0.05, 0) is 48.4 Å². The molecule has 0 saturated heterocycles. The lowest BCUT2D eigenvalue weighted by molar-refractivity contribution is -0.119. The third kappa shape index (κ3) is 6.99. The largest absolute Gasteiger partial charge is 0.493 e. The summed E-state index contributed by atoms with van der Waals surface area (Å²) in [6.07, 6.45) is 0.817. The molecule has 7 heteroatoms. The molecule has 136 valence electrons. The van der Waals surface area contributed by atoms with Gasteiger partial charge in [0.05, 0.1) is 7.11 Å². The van der Waals surface area contributed by atoms with Crippen LogP contribution >= 0.6 is 12.4 Å². The summed E-state index contributed by atoms with van der Waals surface area (Å²) in [6.45, 7) is 1.24. The van der Waals surface area contributed by atoms with Gasteiger partial charge in [-0.3, -0.25) is 4.79 Å². The highest BCUT2D eigenvalue weighted by Gasteiger charge is 2.07. The summed E-state index contributed by atoms with van der Waals surface area (Å²) in [5.74, 6) is 0.265. The minimum Gasteiger partial charge on any atom is -0.493 e. The van der Waals surface area contributed by atoms with Crippen LogP contribution in [0.25, 0.3) is 0 Å². The molecule has 3 N–H and O–H groups in total. The molecule has 2 aromatic carbocycles. The van der Waals surface area contributed by atoms with E-state index in [0.29, 0.717) is 18.0 Å². The SMILES string of the molecule is COc1cc(CNCCc2ccc(F)cc2)ccc1OCC(N)=O.Cl. The third-order valence-corrected chi connectivity index (χ3v) is 3.43. The lowest BCUT2D eigenvalue weighted by Gasteiger charge is -2.12. The second-order valence-corrected chi connectivity index (χ2v) is 5.29. The van der Waals surface area contributed by atoms with Crippen molar-refractivity contribution in [3.63, 3.8) is 0 Å². The van der Waals surface area contributed by atoms with Crippen molar-refractivity contribution in [1.82, 2.24) is 5.32 Å². The van der Waals surface area contributed by atoms with Gasteiger partial charge in [0.25, 0.3) is 5.91 Å². The average molecular weight is 369 g/mol. The standard InChI is InChI=1S/C18H21FN2O3.ClH/c1-23-17-10-14(4-7-16(17)24-12-18(20)22)11-21-9-8-13-2-5-15(19)6-3-13;/h2-7,10,21H,8-9,11-12H2,1H3,(H2,20,22);1H. The third-order valence-electron chi connectivity index (χ3n) is 3.43. The lowest BCUT2D eigenvalue weighted by atomic mass is 10.1. The van der Waals surface area contributed by atoms with E-state index in [0.717, 1.165) is 24.1 Å². The van der Waals surface area contributed by atoms with Crippen molar-refractivity contribution in [3.05, 3.63) is 59.4 Å². The molecule has 0 spiro atoms. The number of nitrogens with one attached hydrogen (secondary N) is 1. The molecule has 0 radical (unpaired) electrons. The van der Waals surface area contributed by atoms with Crippen LogP contribution in [0, 0.1) is 5.82 Å². The van der Waals surface area contributed by atoms with Crippen molar-refractivity contribution in [1.29, 1.82) is 0 Å². The Balaban J connectivity index is 0.00000312. The second kappa shape index (κ2) is 10.5. The molecule has 0 unspecified atom stereocenters. The predicted octanol–water partition coefficient (Wildman–Crippen LogP) is 2.45. The van der Waals surface area contributed by atoms with Crippen LogP contribution in [-0.2, 0) is 17.8 Å². The van der Waals surface area contributed by atoms with Gasteiger partial charge in [-0.2, -0.15) is 0 Å². The first-order valence-corrected chi connectivity index (χ1v) is 7.61. The van der Waals surface area contributed by atoms with Crippen LogP contribution in [0.5, 0.6) is 11.5 Å². The maximum absolute atomic E-state index is 12.8. The molecule has 0 bridgehead atoms. The van der Waals surface area contributed by atoms with Crippen LogP contribution < -0.4 is 20.5 Å². The second-order valence-electron chi connectivity index (χ2n) is 5.29. The van der Waals surface area contributed by atoms with Gasteiger partial charge < -0.3 is 20.5 Å². The molecule has 0 aliphatic carbocycles. The quantitative estimate of drug-likeness (QED) is 0.667. The molecule has 2 rings (SSSR count). The Kier molecular flexibility index (Phi) is 8.74. The van der Waals surface area contributed by atoms with E-state index in [1.54, 1.807) is 18.2 Å². The van der Waals surface area contributed by atoms with E-state index in [1.807, 2.05) is 12.1 Å². The Labute approximate surface area is 152 Å². The molecule has 5 nitrogen and oxygen atoms in total. The summed E-state index contributed by atoms with van der Waals surface area (Å²) >= 11 is 0. The van der Waals surface area contributed by atoms with E-state index < -0.39 is 5.91 Å². The summed E-state index contributed by atoms with van der Waals surface area (Å²) in [6, 6.07) is 12.0. The number of methoxy groups -OCH3 is 1. The van der Waals surface area contributed by atoms with Crippen LogP contribution in [0.15, 0.2) is 42.5 Å². The first-order valence-electron chi connectivity index (χ1n) is 7.61. The van der Waals surface area contributed by atoms with E-state index in [1.165, 1.54) is 19.2 Å². The van der Waals surface area contributed by atoms with Gasteiger partial charge in [0, 0.05) is 6.54 Å². The normalized spacial score (nSPS) is 10.0. The topological polar surface area (TPSA) is 73.6 Å². The molecule has 0 saturated carbocycles. The van der Waals surface area contributed by atoms with Gasteiger partial charge in [0.1, 0.15) is 5.82 Å². The van der Waals surface area contributed by atoms with Gasteiger partial charge in [-0.1, -0.05) is 18.2 Å². The Morgan fingerprint density at radius 1 is 1.12 bits per heavy atom. The maximum atomic E-state index is 12.8. The summed E-state index contributed by atoms with van der Waals surface area (Å²) in [5, 5.41) is 3.32. The van der Waals surface area contributed by atoms with Crippen LogP contribution in [0.4, 0.5) is 4.39 Å². The Hall–Kier alpha value is -2.31. The molecule has 0 atom stereocenters. The van der Waals surface area contributed by atoms with Crippen LogP contribution in [-0.4, -0.2) is 26.2 Å². The van der Waals surface area contributed by atoms with Crippen LogP contribution in [0.2, 0.25) is 0 Å². The predicted molar refractivity (Wildman–Crippen MR) is 96.7 cm³/mol. The zero-order chi connectivity index (χ0) is 17.4. The highest BCUT2D eigenvalue weighted by atomic mass is 35.5. The Bertz CT molecular complexity index is 681. The zero-order valence-corrected chi connectivity index (χ0v) is 14.8. The van der Waals surface area contributed by atoms with E-state index in [-0.39, 0.29) is 24.8 Å². The fraction of sp³-hybridized carbons (Fsp3) is 0.278. The maximum Gasteiger partial charge on any atom is 0.255 e. The highest BCUT2D eigenvalue weighted by Crippen LogP contribution is 2.27. The fourth-order valence-electron chi connectivity index (χ4n) is 2.21. The molecule has 0 heterocycles. The first kappa shape index (κ1) is 20.7. The molecule has 0 aliphatic rings. The number of hydrogen-bond acceptors (Lipinski definition) is 4. The van der Waals surface area contributed by atoms with Crippen molar-refractivity contribution < 1.29 is 18.7 Å². The number of primary amides is 1. The number of nitrogens with two attached hydrogens (primary N) is 1. The van der Waals surface area contributed by atoms with Crippen molar-refractivity contribution >= 4 is 18.3 Å². The molecular formula is C18H22ClFN2O3. The molecule has 0 aliphatic heterocycles. The molecule has 2 aromatic rings. The van der Waals surface area contributed by atoms with Gasteiger partial charge in [-0.15, -0.1) is 12.4 Å². The summed E-state index contributed by atoms with van der Waals surface area (Å²) in [4.78, 5) is 10.8. The average Bonchev–Trinajstić information content (AvgIpc) is 2.58. The number of halogens is 2. The van der Waals surface area contributed by atoms with E-state index >= 15 is 0 Å². The number of carbonyl (C=O) groups is 1. The number of amides is 1. The van der Waals surface area contributed by atoms with E-state index in [9.17, 15) is 9.18 Å². The summed E-state index contributed by atoms with van der Waals surface area (Å²) < 4.78 is 23.4. The Morgan fingerprint density at radius 3 is 2.44 bits per heavy atom. The molecular weight excluding hydrogens is 347 g/mol. The highest BCUT2D eigenvalue weighted by molar-refractivity contribution is 5.85. The van der Waals surface area contributed by atoms with Gasteiger partial charge >= 0.3 is 0 Å². The van der Waals surface area contributed by atoms with Crippen LogP contribution in [0.1, 0.15) is 11.1 Å². The van der Waals surface area contributed by atoms with Gasteiger partial charge in [0.15, 0.2) is 18.1 Å². The van der Waals surface area contributed by atoms with Crippen molar-refractivity contribution in [3.8, 4) is 11.5 Å². The monoisotopic (exact) mass is 368 g/mol. The minimum atomic E-state index is -0.538. The number of benzene rings is 2. The Morgan fingerprint density at radius 2 is 1.80 bits per heavy atom. The number of carbonyl (C=O) groups excluding carboxylic acids is 1. The molecule has 0 fully saturated rings. The minimum absolute atomic E-state index is 0. The number of hydrogen-bond donors (Lipinski definition) is 2. The van der Waals surface area contributed by atoms with Gasteiger partial charge in [0.2, 0.25) is 0 Å². The smallest absolute Gasteiger partial charge is 0.255 e. The van der Waals surface area contributed by atoms with Crippen molar-refractivity contribution in [2.45, 2.75) is 13.0 Å². The van der Waals surface area contributed by atoms with E-state index in [4.69, 9.17) is 15.2 Å². The summed E-state index contributed by atoms with van der Waals surface area (Å²) in [7, 11) is 1.54. The molecule has 0 aromatic heterocycles. The lowest BCUT2D eigenvalue weighted by Crippen LogP contribution is -2.20. The summed E-state index contributed by atoms with van der Waals surface area (Å²) in [5.41, 5.74) is 7.17. The van der Waals surface area contributed by atoms with Crippen molar-refractivity contribution in [2.75, 3.05) is 20.3 Å². The van der Waals surface area contributed by atoms with E-state index in [2.05, 4.69) is 5.32 Å². The van der Waals surface area contributed by atoms with Crippen LogP contribution in [0.3, 0.4) is 0 Å². The molecule has 25 heavy (non-hydrogen) atoms.